The van der Waals surface area contributed by atoms with Crippen molar-refractivity contribution < 1.29 is 0 Å². The maximum Gasteiger partial charge on any atom is 0.101 e. The summed E-state index contributed by atoms with van der Waals surface area (Å²) in [6.45, 7) is 0. The number of hydrogen-bond donors (Lipinski definition) is 0. The van der Waals surface area contributed by atoms with Crippen LogP contribution in [0.2, 0.25) is 0 Å². The van der Waals surface area contributed by atoms with Crippen LogP contribution in [-0.2, 0) is 0 Å². The van der Waals surface area contributed by atoms with Gasteiger partial charge in [-0.05, 0) is 218 Å². The zero-order valence-electron chi connectivity index (χ0n) is 78.5. The maximum absolute atomic E-state index is 10.9. The van der Waals surface area contributed by atoms with E-state index in [9.17, 15) is 31.6 Å². The number of benzene rings is 21. The third-order valence-electron chi connectivity index (χ3n) is 29.6. The van der Waals surface area contributed by atoms with Gasteiger partial charge in [0.05, 0.1) is 157 Å². The number of nitrogens with zero attached hydrogens (tertiary/aromatic N) is 15. The average molecular weight is 1870 g/mol. The van der Waals surface area contributed by atoms with Gasteiger partial charge in [-0.3, -0.25) is 0 Å². The predicted molar refractivity (Wildman–Crippen MR) is 597 cm³/mol. The van der Waals surface area contributed by atoms with Crippen molar-refractivity contribution in [2.24, 2.45) is 0 Å². The molecule has 0 aliphatic rings. The third kappa shape index (κ3) is 12.4. The van der Waals surface area contributed by atoms with Gasteiger partial charge in [0.25, 0.3) is 0 Å². The van der Waals surface area contributed by atoms with Crippen LogP contribution in [0.25, 0.3) is 247 Å². The number of aromatic nitrogens is 9. The van der Waals surface area contributed by atoms with Crippen LogP contribution in [0, 0.1) is 68.0 Å². The van der Waals surface area contributed by atoms with Crippen LogP contribution in [0.15, 0.2) is 455 Å². The van der Waals surface area contributed by atoms with E-state index in [0.717, 1.165) is 247 Å². The Labute approximate surface area is 839 Å². The van der Waals surface area contributed by atoms with Crippen LogP contribution < -0.4 is 0 Å². The molecule has 0 atom stereocenters. The molecule has 678 valence electrons. The number of rotatable bonds is 9. The molecule has 21 aromatic carbocycles. The van der Waals surface area contributed by atoms with Gasteiger partial charge < -0.3 is 41.1 Å². The first-order chi connectivity index (χ1) is 72.8. The van der Waals surface area contributed by atoms with E-state index in [1.54, 1.807) is 0 Å². The van der Waals surface area contributed by atoms with Crippen LogP contribution in [-0.4, -0.2) is 41.1 Å². The van der Waals surface area contributed by atoms with Crippen LogP contribution in [0.5, 0.6) is 0 Å². The highest BCUT2D eigenvalue weighted by Gasteiger charge is 2.33. The van der Waals surface area contributed by atoms with Gasteiger partial charge in [0, 0.05) is 148 Å². The summed E-state index contributed by atoms with van der Waals surface area (Å²) < 4.78 is 20.8. The zero-order valence-corrected chi connectivity index (χ0v) is 78.5. The van der Waals surface area contributed by atoms with E-state index < -0.39 is 0 Å². The highest BCUT2D eigenvalue weighted by molar-refractivity contribution is 6.36. The van der Waals surface area contributed by atoms with E-state index in [1.807, 2.05) is 146 Å². The molecule has 0 fully saturated rings. The maximum atomic E-state index is 10.9. The van der Waals surface area contributed by atoms with Gasteiger partial charge in [-0.2, -0.15) is 31.6 Å². The molecule has 9 aromatic heterocycles. The minimum absolute atomic E-state index is 0.604. The van der Waals surface area contributed by atoms with E-state index in [1.165, 1.54) is 0 Å². The molecule has 0 N–H and O–H groups in total. The molecule has 30 aromatic rings. The van der Waals surface area contributed by atoms with E-state index in [-0.39, 0.29) is 0 Å². The quantitative estimate of drug-likeness (QED) is 0.138. The highest BCUT2D eigenvalue weighted by Crippen LogP contribution is 2.53. The van der Waals surface area contributed by atoms with Crippen LogP contribution in [0.1, 0.15) is 33.4 Å². The van der Waals surface area contributed by atoms with E-state index >= 15 is 0 Å². The Kier molecular flexibility index (Phi) is 19.0. The summed E-state index contributed by atoms with van der Waals surface area (Å²) in [7, 11) is 0. The lowest BCUT2D eigenvalue weighted by Gasteiger charge is -2.12. The summed E-state index contributed by atoms with van der Waals surface area (Å²) in [6, 6.07) is 171. The van der Waals surface area contributed by atoms with Crippen molar-refractivity contribution in [2.75, 3.05) is 0 Å². The second kappa shape index (κ2) is 33.2. The summed E-state index contributed by atoms with van der Waals surface area (Å²) in [5, 5.41) is 80.4. The van der Waals surface area contributed by atoms with Crippen molar-refractivity contribution in [1.29, 1.82) is 31.6 Å². The van der Waals surface area contributed by atoms with E-state index in [2.05, 4.69) is 387 Å². The minimum Gasteiger partial charge on any atom is -0.309 e. The zero-order chi connectivity index (χ0) is 97.9. The molecular formula is C132H75N15. The number of fused-ring (bicyclic) bond motifs is 33. The first-order valence-electron chi connectivity index (χ1n) is 48.7. The Morgan fingerprint density at radius 2 is 0.374 bits per heavy atom. The molecule has 0 bridgehead atoms. The van der Waals surface area contributed by atoms with Gasteiger partial charge in [0.2, 0.25) is 0 Å². The molecular weight excluding hydrogens is 1800 g/mol. The Balaban J connectivity index is 0.000000107. The minimum atomic E-state index is 0.604. The van der Waals surface area contributed by atoms with Crippen LogP contribution in [0.3, 0.4) is 0 Å². The molecule has 147 heavy (non-hydrogen) atoms. The first-order valence-corrected chi connectivity index (χ1v) is 48.7. The van der Waals surface area contributed by atoms with Crippen molar-refractivity contribution >= 4 is 196 Å². The Hall–Kier alpha value is -21.2. The number of nitriles is 6. The Morgan fingerprint density at radius 1 is 0.122 bits per heavy atom. The molecule has 0 aliphatic heterocycles. The summed E-state index contributed by atoms with van der Waals surface area (Å²) in [5.41, 5.74) is 31.8. The SMILES string of the molecule is N#Cc1ccc(-n2c3c(ccc4c3c3ccccc3n4-c3ccccc3)c3cc(C#N)c4c(c5ccccc5n4-c4ccccc4)c32)cc1.N#Cc1ccc(-n2c3ccccc3c3c2cc(C#N)c2c4ccc5c(c6ccccc6n5-c5ccccc5)c4n(-c4ccccc4)c23)cc1.N#Cc1ccc(-n2c3ccccc3c3c2ccc2c4ccc5c(c6cccc(C#N)c6n5-c5ccccc5)c4n(-c4ccccc4)c23)cc1. The summed E-state index contributed by atoms with van der Waals surface area (Å²) in [6.07, 6.45) is 0. The van der Waals surface area contributed by atoms with Crippen molar-refractivity contribution in [3.63, 3.8) is 0 Å². The monoisotopic (exact) mass is 1870 g/mol. The molecule has 15 heteroatoms. The van der Waals surface area contributed by atoms with Crippen molar-refractivity contribution in [1.82, 2.24) is 41.1 Å². The van der Waals surface area contributed by atoms with Crippen molar-refractivity contribution in [3.8, 4) is 87.6 Å². The van der Waals surface area contributed by atoms with Gasteiger partial charge in [0.1, 0.15) is 12.1 Å². The average Bonchev–Trinajstić information content (AvgIpc) is 1.53. The number of para-hydroxylation sites is 12. The summed E-state index contributed by atoms with van der Waals surface area (Å²) in [5.74, 6) is 0. The molecule has 0 amide bonds. The molecule has 0 saturated carbocycles. The molecule has 30 rings (SSSR count). The molecule has 0 saturated heterocycles. The fourth-order valence-electron chi connectivity index (χ4n) is 23.8. The van der Waals surface area contributed by atoms with E-state index in [0.29, 0.717) is 33.4 Å². The van der Waals surface area contributed by atoms with Crippen molar-refractivity contribution in [2.45, 2.75) is 0 Å². The largest absolute Gasteiger partial charge is 0.309 e. The standard InChI is InChI=1S/3C44H25N5/c45-26-28-19-21-32(22-20-28)49-43-33(23-24-39-40(43)34-15-7-9-17-37(34)47(39)30-11-3-1-4-12-30)36-25-29(27-46)42-41(44(36)49)35-16-8-10-18-38(35)48(42)31-13-5-2-6-14-31;45-26-28-19-21-32(22-20-28)48-37-18-10-8-16-34(37)42-39(48)25-29(27-46)40-35-23-24-38-41(43(35)49(44(40)42)31-13-5-2-6-14-31)33-15-7-9-17-36(33)47(38)30-11-3-1-4-12-30;45-26-28-18-20-32(21-19-28)47-37-17-8-7-15-35(37)40-38(47)24-22-33-34-23-25-39-41(44(34)49(43(33)40)31-13-5-2-6-14-31)36-16-9-10-29(27-46)42(36)48(39)30-11-3-1-4-12-30/h3*1-25H. The lowest BCUT2D eigenvalue weighted by Crippen LogP contribution is -1.97. The molecule has 9 heterocycles. The normalized spacial score (nSPS) is 11.6. The predicted octanol–water partition coefficient (Wildman–Crippen LogP) is 32.2. The lowest BCUT2D eigenvalue weighted by molar-refractivity contribution is 1.17. The lowest BCUT2D eigenvalue weighted by atomic mass is 10.0. The Bertz CT molecular complexity index is 11100. The fourth-order valence-corrected chi connectivity index (χ4v) is 23.8. The van der Waals surface area contributed by atoms with Crippen molar-refractivity contribution in [3.05, 3.63) is 488 Å². The van der Waals surface area contributed by atoms with Crippen LogP contribution in [0.4, 0.5) is 0 Å². The first kappa shape index (κ1) is 83.9. The number of hydrogen-bond acceptors (Lipinski definition) is 6. The highest BCUT2D eigenvalue weighted by atomic mass is 15.1. The molecule has 0 aliphatic carbocycles. The van der Waals surface area contributed by atoms with Gasteiger partial charge in [-0.25, -0.2) is 0 Å². The van der Waals surface area contributed by atoms with Gasteiger partial charge in [-0.15, -0.1) is 0 Å². The van der Waals surface area contributed by atoms with Gasteiger partial charge in [-0.1, -0.05) is 237 Å². The fraction of sp³-hybridized carbons (Fsp3) is 0. The molecule has 15 nitrogen and oxygen atoms in total. The smallest absolute Gasteiger partial charge is 0.101 e. The van der Waals surface area contributed by atoms with Gasteiger partial charge >= 0.3 is 0 Å². The van der Waals surface area contributed by atoms with E-state index in [4.69, 9.17) is 0 Å². The topological polar surface area (TPSA) is 187 Å². The summed E-state index contributed by atoms with van der Waals surface area (Å²) in [4.78, 5) is 0. The second-order valence-electron chi connectivity index (χ2n) is 37.1. The Morgan fingerprint density at radius 3 is 0.748 bits per heavy atom. The summed E-state index contributed by atoms with van der Waals surface area (Å²) >= 11 is 0. The second-order valence-corrected chi connectivity index (χ2v) is 37.1. The van der Waals surface area contributed by atoms with Crippen LogP contribution >= 0.6 is 0 Å². The third-order valence-corrected chi connectivity index (χ3v) is 29.6. The molecule has 0 spiro atoms. The molecule has 0 radical (unpaired) electrons. The van der Waals surface area contributed by atoms with Gasteiger partial charge in [0.15, 0.2) is 0 Å². The molecule has 0 unspecified atom stereocenters.